The molecule has 0 aliphatic carbocycles. The monoisotopic (exact) mass is 399 g/mol. The second-order valence-corrected chi connectivity index (χ2v) is 10.3. The minimum Gasteiger partial charge on any atom is -0.340 e. The molecule has 2 aliphatic heterocycles. The maximum Gasteiger partial charge on any atom is 0.252 e. The van der Waals surface area contributed by atoms with E-state index in [0.717, 1.165) is 45.6 Å². The Hall–Kier alpha value is -0.960. The number of hydrogen-bond donors (Lipinski definition) is 0. The van der Waals surface area contributed by atoms with Gasteiger partial charge in [0.15, 0.2) is 0 Å². The molecule has 1 aromatic rings. The van der Waals surface area contributed by atoms with E-state index >= 15 is 0 Å². The van der Waals surface area contributed by atoms with Crippen molar-refractivity contribution in [3.05, 3.63) is 17.5 Å². The first-order chi connectivity index (χ1) is 12.4. The number of nitrogens with zero attached hydrogens (tertiary/aromatic N) is 3. The topological polar surface area (TPSA) is 60.9 Å². The lowest BCUT2D eigenvalue weighted by atomic mass is 9.85. The predicted molar refractivity (Wildman–Crippen MR) is 104 cm³/mol. The van der Waals surface area contributed by atoms with Crippen LogP contribution < -0.4 is 0 Å². The molecular weight excluding hydrogens is 370 g/mol. The van der Waals surface area contributed by atoms with E-state index in [1.54, 1.807) is 21.8 Å². The van der Waals surface area contributed by atoms with Gasteiger partial charge in [0.25, 0.3) is 10.0 Å². The third-order valence-electron chi connectivity index (χ3n) is 5.82. The number of hydrogen-bond acceptors (Lipinski definition) is 5. The quantitative estimate of drug-likeness (QED) is 0.759. The van der Waals surface area contributed by atoms with Gasteiger partial charge in [-0.2, -0.15) is 4.31 Å². The molecule has 1 unspecified atom stereocenters. The summed E-state index contributed by atoms with van der Waals surface area (Å²) in [5, 5.41) is 1.79. The van der Waals surface area contributed by atoms with Gasteiger partial charge in [0.05, 0.1) is 0 Å². The van der Waals surface area contributed by atoms with Crippen LogP contribution in [0.15, 0.2) is 21.7 Å². The van der Waals surface area contributed by atoms with Crippen LogP contribution in [0.2, 0.25) is 0 Å². The van der Waals surface area contributed by atoms with E-state index < -0.39 is 10.0 Å². The highest BCUT2D eigenvalue weighted by Crippen LogP contribution is 2.30. The van der Waals surface area contributed by atoms with Crippen LogP contribution in [0.3, 0.4) is 0 Å². The third kappa shape index (κ3) is 4.13. The van der Waals surface area contributed by atoms with Crippen molar-refractivity contribution in [3.8, 4) is 0 Å². The molecule has 0 bridgehead atoms. The maximum atomic E-state index is 12.8. The molecule has 6 nitrogen and oxygen atoms in total. The highest BCUT2D eigenvalue weighted by atomic mass is 32.2. The molecule has 1 aromatic heterocycles. The summed E-state index contributed by atoms with van der Waals surface area (Å²) >= 11 is 1.26. The van der Waals surface area contributed by atoms with E-state index in [2.05, 4.69) is 11.8 Å². The molecule has 3 rings (SSSR count). The molecular formula is C18H29N3O3S2. The average molecular weight is 400 g/mol. The molecule has 0 radical (unpaired) electrons. The van der Waals surface area contributed by atoms with E-state index in [9.17, 15) is 13.2 Å². The van der Waals surface area contributed by atoms with Gasteiger partial charge >= 0.3 is 0 Å². The fraction of sp³-hybridized carbons (Fsp3) is 0.722. The van der Waals surface area contributed by atoms with E-state index in [-0.39, 0.29) is 17.7 Å². The average Bonchev–Trinajstić information content (AvgIpc) is 3.23. The number of carbonyl (C=O) groups excluding carboxylic acids is 1. The van der Waals surface area contributed by atoms with Crippen LogP contribution in [0.4, 0.5) is 0 Å². The molecule has 26 heavy (non-hydrogen) atoms. The number of amides is 1. The molecule has 1 atom stereocenters. The van der Waals surface area contributed by atoms with Crippen LogP contribution in [0.25, 0.3) is 0 Å². The van der Waals surface area contributed by atoms with E-state index in [4.69, 9.17) is 0 Å². The first-order valence-electron chi connectivity index (χ1n) is 9.48. The van der Waals surface area contributed by atoms with Crippen molar-refractivity contribution < 1.29 is 13.2 Å². The smallest absolute Gasteiger partial charge is 0.252 e. The molecule has 0 saturated carbocycles. The Morgan fingerprint density at radius 2 is 1.85 bits per heavy atom. The third-order valence-corrected chi connectivity index (χ3v) is 9.09. The highest BCUT2D eigenvalue weighted by Gasteiger charge is 2.35. The Morgan fingerprint density at radius 1 is 1.19 bits per heavy atom. The van der Waals surface area contributed by atoms with Crippen LogP contribution in [0.1, 0.15) is 26.7 Å². The zero-order chi connectivity index (χ0) is 18.7. The van der Waals surface area contributed by atoms with Gasteiger partial charge in [-0.05, 0) is 36.8 Å². The van der Waals surface area contributed by atoms with Gasteiger partial charge in [-0.1, -0.05) is 19.9 Å². The van der Waals surface area contributed by atoms with Crippen LogP contribution >= 0.6 is 11.3 Å². The summed E-state index contributed by atoms with van der Waals surface area (Å²) in [6.07, 6.45) is 1.51. The zero-order valence-corrected chi connectivity index (χ0v) is 17.3. The van der Waals surface area contributed by atoms with Gasteiger partial charge in [0.2, 0.25) is 5.91 Å². The molecule has 0 aromatic carbocycles. The van der Waals surface area contributed by atoms with E-state index in [0.29, 0.717) is 17.3 Å². The Labute approximate surface area is 160 Å². The van der Waals surface area contributed by atoms with Crippen LogP contribution in [0.5, 0.6) is 0 Å². The molecule has 0 spiro atoms. The van der Waals surface area contributed by atoms with Crippen LogP contribution in [0, 0.1) is 11.8 Å². The number of likely N-dealkylation sites (N-methyl/N-ethyl adjacent to an activating group) is 1. The summed E-state index contributed by atoms with van der Waals surface area (Å²) in [6.45, 7) is 9.73. The molecule has 146 valence electrons. The summed E-state index contributed by atoms with van der Waals surface area (Å²) in [4.78, 5) is 17.2. The van der Waals surface area contributed by atoms with Crippen molar-refractivity contribution in [2.45, 2.75) is 30.9 Å². The van der Waals surface area contributed by atoms with Gasteiger partial charge in [-0.3, -0.25) is 4.79 Å². The number of sulfonamides is 1. The summed E-state index contributed by atoms with van der Waals surface area (Å²) in [7, 11) is -3.37. The van der Waals surface area contributed by atoms with Crippen LogP contribution in [-0.4, -0.2) is 74.2 Å². The van der Waals surface area contributed by atoms with Gasteiger partial charge in [-0.15, -0.1) is 11.3 Å². The maximum absolute atomic E-state index is 12.8. The summed E-state index contributed by atoms with van der Waals surface area (Å²) in [5.74, 6) is 0.469. The van der Waals surface area contributed by atoms with Gasteiger partial charge < -0.3 is 9.80 Å². The largest absolute Gasteiger partial charge is 0.340 e. The summed E-state index contributed by atoms with van der Waals surface area (Å²) in [6, 6.07) is 3.43. The lowest BCUT2D eigenvalue weighted by Gasteiger charge is -2.38. The first kappa shape index (κ1) is 19.8. The Morgan fingerprint density at radius 3 is 2.38 bits per heavy atom. The first-order valence-corrected chi connectivity index (χ1v) is 11.8. The second kappa shape index (κ2) is 8.37. The lowest BCUT2D eigenvalue weighted by molar-refractivity contribution is -0.139. The number of piperazine rings is 1. The van der Waals surface area contributed by atoms with Crippen molar-refractivity contribution in [2.24, 2.45) is 11.8 Å². The predicted octanol–water partition coefficient (Wildman–Crippen LogP) is 1.95. The van der Waals surface area contributed by atoms with Crippen molar-refractivity contribution in [1.29, 1.82) is 0 Å². The molecule has 2 aliphatic rings. The standard InChI is InChI=1S/C18H29N3O3S2/c1-3-19-10-12-20(13-11-19)18(22)15(2)16-6-8-21(9-7-16)26(23,24)17-5-4-14-25-17/h4-5,14-16H,3,6-13H2,1-2H3. The second-order valence-electron chi connectivity index (χ2n) is 7.22. The fourth-order valence-corrected chi connectivity index (χ4v) is 6.54. The fourth-order valence-electron chi connectivity index (χ4n) is 3.93. The normalized spacial score (nSPS) is 22.5. The van der Waals surface area contributed by atoms with E-state index in [1.165, 1.54) is 11.3 Å². The Bertz CT molecular complexity index is 689. The SMILES string of the molecule is CCN1CCN(C(=O)C(C)C2CCN(S(=O)(=O)c3cccs3)CC2)CC1. The molecule has 2 saturated heterocycles. The molecule has 0 N–H and O–H groups in total. The van der Waals surface area contributed by atoms with E-state index in [1.807, 2.05) is 11.8 Å². The number of rotatable bonds is 5. The minimum atomic E-state index is -3.37. The highest BCUT2D eigenvalue weighted by molar-refractivity contribution is 7.91. The minimum absolute atomic E-state index is 0.0326. The lowest BCUT2D eigenvalue weighted by Crippen LogP contribution is -2.51. The molecule has 1 amide bonds. The Balaban J connectivity index is 1.54. The van der Waals surface area contributed by atoms with Gasteiger partial charge in [-0.25, -0.2) is 8.42 Å². The molecule has 8 heteroatoms. The molecule has 2 fully saturated rings. The number of piperidine rings is 1. The zero-order valence-electron chi connectivity index (χ0n) is 15.6. The van der Waals surface area contributed by atoms with Crippen molar-refractivity contribution in [3.63, 3.8) is 0 Å². The number of carbonyl (C=O) groups is 1. The van der Waals surface area contributed by atoms with Crippen molar-refractivity contribution in [1.82, 2.24) is 14.1 Å². The Kier molecular flexibility index (Phi) is 6.37. The molecule has 3 heterocycles. The van der Waals surface area contributed by atoms with Gasteiger partial charge in [0, 0.05) is 45.2 Å². The summed E-state index contributed by atoms with van der Waals surface area (Å²) in [5.41, 5.74) is 0. The van der Waals surface area contributed by atoms with Crippen molar-refractivity contribution in [2.75, 3.05) is 45.8 Å². The van der Waals surface area contributed by atoms with Gasteiger partial charge in [0.1, 0.15) is 4.21 Å². The van der Waals surface area contributed by atoms with Crippen molar-refractivity contribution >= 4 is 27.3 Å². The summed E-state index contributed by atoms with van der Waals surface area (Å²) < 4.78 is 27.2. The van der Waals surface area contributed by atoms with Crippen LogP contribution in [-0.2, 0) is 14.8 Å². The number of thiophene rings is 1.